The molecule has 0 bridgehead atoms. The molecule has 1 aliphatic rings. The Labute approximate surface area is 122 Å². The lowest BCUT2D eigenvalue weighted by Gasteiger charge is -2.26. The number of halogens is 2. The van der Waals surface area contributed by atoms with E-state index in [1.165, 1.54) is 23.5 Å². The van der Waals surface area contributed by atoms with Gasteiger partial charge in [-0.15, -0.1) is 0 Å². The van der Waals surface area contributed by atoms with Gasteiger partial charge in [-0.25, -0.2) is 8.42 Å². The van der Waals surface area contributed by atoms with Crippen LogP contribution in [-0.2, 0) is 14.8 Å². The molecule has 0 atom stereocenters. The van der Waals surface area contributed by atoms with Gasteiger partial charge in [-0.2, -0.15) is 4.31 Å². The number of morpholine rings is 1. The molecular formula is C11H13Cl2NO4S. The van der Waals surface area contributed by atoms with Gasteiger partial charge < -0.3 is 9.47 Å². The molecule has 1 aliphatic heterocycles. The van der Waals surface area contributed by atoms with Gasteiger partial charge in [-0.3, -0.25) is 0 Å². The molecule has 5 nitrogen and oxygen atoms in total. The van der Waals surface area contributed by atoms with Crippen molar-refractivity contribution in [2.45, 2.75) is 4.90 Å². The molecule has 0 amide bonds. The fourth-order valence-electron chi connectivity index (χ4n) is 1.83. The predicted octanol–water partition coefficient (Wildman–Crippen LogP) is 2.02. The highest BCUT2D eigenvalue weighted by molar-refractivity contribution is 7.89. The monoisotopic (exact) mass is 325 g/mol. The van der Waals surface area contributed by atoms with Gasteiger partial charge in [-0.1, -0.05) is 23.2 Å². The van der Waals surface area contributed by atoms with Crippen molar-refractivity contribution in [3.05, 3.63) is 22.2 Å². The zero-order chi connectivity index (χ0) is 14.0. The molecule has 8 heteroatoms. The summed E-state index contributed by atoms with van der Waals surface area (Å²) in [6.07, 6.45) is 0. The summed E-state index contributed by atoms with van der Waals surface area (Å²) in [5, 5.41) is 0.345. The molecule has 19 heavy (non-hydrogen) atoms. The largest absolute Gasteiger partial charge is 0.494 e. The van der Waals surface area contributed by atoms with Crippen molar-refractivity contribution in [1.29, 1.82) is 0 Å². The topological polar surface area (TPSA) is 55.8 Å². The van der Waals surface area contributed by atoms with Crippen LogP contribution in [0.4, 0.5) is 0 Å². The highest BCUT2D eigenvalue weighted by Gasteiger charge is 2.30. The molecule has 0 aromatic heterocycles. The van der Waals surface area contributed by atoms with Crippen LogP contribution in [0.15, 0.2) is 17.0 Å². The number of benzene rings is 1. The van der Waals surface area contributed by atoms with Crippen molar-refractivity contribution >= 4 is 33.2 Å². The van der Waals surface area contributed by atoms with E-state index in [1.54, 1.807) is 0 Å². The van der Waals surface area contributed by atoms with E-state index >= 15 is 0 Å². The third kappa shape index (κ3) is 2.83. The van der Waals surface area contributed by atoms with E-state index in [0.29, 0.717) is 26.3 Å². The molecule has 1 saturated heterocycles. The van der Waals surface area contributed by atoms with Crippen molar-refractivity contribution in [1.82, 2.24) is 4.31 Å². The van der Waals surface area contributed by atoms with Gasteiger partial charge in [0.15, 0.2) is 5.75 Å². The van der Waals surface area contributed by atoms with E-state index in [4.69, 9.17) is 32.7 Å². The van der Waals surface area contributed by atoms with Crippen LogP contribution in [-0.4, -0.2) is 46.1 Å². The third-order valence-corrected chi connectivity index (χ3v) is 5.52. The van der Waals surface area contributed by atoms with Crippen molar-refractivity contribution < 1.29 is 17.9 Å². The van der Waals surface area contributed by atoms with Crippen LogP contribution >= 0.6 is 23.2 Å². The first kappa shape index (κ1) is 14.9. The van der Waals surface area contributed by atoms with E-state index in [2.05, 4.69) is 0 Å². The molecule has 0 aliphatic carbocycles. The standard InChI is InChI=1S/C11H13Cl2NO4S/c1-17-11-9(3-2-8(12)10(11)13)19(15,16)14-4-6-18-7-5-14/h2-3H,4-7H2,1H3. The van der Waals surface area contributed by atoms with Crippen LogP contribution in [0.3, 0.4) is 0 Å². The van der Waals surface area contributed by atoms with E-state index in [0.717, 1.165) is 0 Å². The molecule has 1 fully saturated rings. The summed E-state index contributed by atoms with van der Waals surface area (Å²) in [7, 11) is -2.30. The molecule has 0 N–H and O–H groups in total. The SMILES string of the molecule is COc1c(S(=O)(=O)N2CCOCC2)ccc(Cl)c1Cl. The summed E-state index contributed by atoms with van der Waals surface area (Å²) >= 11 is 11.8. The summed E-state index contributed by atoms with van der Waals surface area (Å²) in [4.78, 5) is 0.0197. The Balaban J connectivity index is 2.48. The second-order valence-electron chi connectivity index (χ2n) is 3.91. The minimum Gasteiger partial charge on any atom is -0.494 e. The van der Waals surface area contributed by atoms with Crippen LogP contribution in [0.25, 0.3) is 0 Å². The second-order valence-corrected chi connectivity index (χ2v) is 6.60. The summed E-state index contributed by atoms with van der Waals surface area (Å²) in [5.74, 6) is 0.0701. The fourth-order valence-corrected chi connectivity index (χ4v) is 3.85. The number of hydrogen-bond donors (Lipinski definition) is 0. The highest BCUT2D eigenvalue weighted by Crippen LogP contribution is 2.38. The minimum absolute atomic E-state index is 0.0197. The number of hydrogen-bond acceptors (Lipinski definition) is 4. The van der Waals surface area contributed by atoms with Crippen molar-refractivity contribution in [2.75, 3.05) is 33.4 Å². The maximum atomic E-state index is 12.5. The maximum absolute atomic E-state index is 12.5. The van der Waals surface area contributed by atoms with Crippen molar-refractivity contribution in [2.24, 2.45) is 0 Å². The lowest BCUT2D eigenvalue weighted by Crippen LogP contribution is -2.40. The van der Waals surface area contributed by atoms with E-state index < -0.39 is 10.0 Å². The van der Waals surface area contributed by atoms with E-state index in [1.807, 2.05) is 0 Å². The van der Waals surface area contributed by atoms with Crippen LogP contribution < -0.4 is 4.74 Å². The molecule has 0 spiro atoms. The molecule has 0 unspecified atom stereocenters. The second kappa shape index (κ2) is 5.85. The smallest absolute Gasteiger partial charge is 0.246 e. The molecule has 106 valence electrons. The minimum atomic E-state index is -3.66. The Morgan fingerprint density at radius 3 is 2.47 bits per heavy atom. The molecule has 1 aromatic rings. The molecule has 0 saturated carbocycles. The van der Waals surface area contributed by atoms with Gasteiger partial charge in [0.25, 0.3) is 0 Å². The van der Waals surface area contributed by atoms with Gasteiger partial charge >= 0.3 is 0 Å². The molecule has 1 heterocycles. The lowest BCUT2D eigenvalue weighted by atomic mass is 10.3. The number of methoxy groups -OCH3 is 1. The quantitative estimate of drug-likeness (QED) is 0.853. The number of ether oxygens (including phenoxy) is 2. The maximum Gasteiger partial charge on any atom is 0.246 e. The number of sulfonamides is 1. The first-order valence-corrected chi connectivity index (χ1v) is 7.78. The van der Waals surface area contributed by atoms with E-state index in [9.17, 15) is 8.42 Å². The van der Waals surface area contributed by atoms with Crippen LogP contribution in [0.5, 0.6) is 5.75 Å². The third-order valence-electron chi connectivity index (χ3n) is 2.81. The molecule has 1 aromatic carbocycles. The van der Waals surface area contributed by atoms with Gasteiger partial charge in [0.2, 0.25) is 10.0 Å². The summed E-state index contributed by atoms with van der Waals surface area (Å²) in [6.45, 7) is 1.38. The van der Waals surface area contributed by atoms with Gasteiger partial charge in [0, 0.05) is 13.1 Å². The summed E-state index contributed by atoms with van der Waals surface area (Å²) in [6, 6.07) is 2.84. The Bertz CT molecular complexity index is 570. The summed E-state index contributed by atoms with van der Waals surface area (Å²) in [5.41, 5.74) is 0. The number of nitrogens with zero attached hydrogens (tertiary/aromatic N) is 1. The normalized spacial score (nSPS) is 17.4. The number of rotatable bonds is 3. The zero-order valence-electron chi connectivity index (χ0n) is 10.2. The molecule has 2 rings (SSSR count). The first-order valence-electron chi connectivity index (χ1n) is 5.58. The average Bonchev–Trinajstić information content (AvgIpc) is 2.42. The van der Waals surface area contributed by atoms with Gasteiger partial charge in [-0.05, 0) is 12.1 Å². The first-order chi connectivity index (χ1) is 8.98. The van der Waals surface area contributed by atoms with Crippen molar-refractivity contribution in [3.8, 4) is 5.75 Å². The van der Waals surface area contributed by atoms with E-state index in [-0.39, 0.29) is 20.7 Å². The van der Waals surface area contributed by atoms with Gasteiger partial charge in [0.05, 0.1) is 25.3 Å². The average molecular weight is 326 g/mol. The zero-order valence-corrected chi connectivity index (χ0v) is 12.6. The summed E-state index contributed by atoms with van der Waals surface area (Å²) < 4.78 is 36.6. The predicted molar refractivity (Wildman–Crippen MR) is 72.6 cm³/mol. The van der Waals surface area contributed by atoms with Crippen LogP contribution in [0.2, 0.25) is 10.0 Å². The van der Waals surface area contributed by atoms with Crippen LogP contribution in [0, 0.1) is 0 Å². The van der Waals surface area contributed by atoms with Crippen molar-refractivity contribution in [3.63, 3.8) is 0 Å². The fraction of sp³-hybridized carbons (Fsp3) is 0.455. The van der Waals surface area contributed by atoms with Crippen LogP contribution in [0.1, 0.15) is 0 Å². The Kier molecular flexibility index (Phi) is 4.58. The van der Waals surface area contributed by atoms with Gasteiger partial charge in [0.1, 0.15) is 9.92 Å². The Morgan fingerprint density at radius 1 is 1.26 bits per heavy atom. The molecular weight excluding hydrogens is 313 g/mol. The lowest BCUT2D eigenvalue weighted by molar-refractivity contribution is 0.0729. The molecule has 0 radical (unpaired) electrons. The Hall–Kier alpha value is -0.530. The highest BCUT2D eigenvalue weighted by atomic mass is 35.5. The Morgan fingerprint density at radius 2 is 1.89 bits per heavy atom.